The van der Waals surface area contributed by atoms with Gasteiger partial charge in [0.2, 0.25) is 0 Å². The van der Waals surface area contributed by atoms with Gasteiger partial charge in [0.1, 0.15) is 6.23 Å². The minimum Gasteiger partial charge on any atom is -0.390 e. The molecule has 130 valence electrons. The maximum absolute atomic E-state index is 10.2. The Morgan fingerprint density at radius 2 is 1.75 bits per heavy atom. The number of aliphatic imine (C=N–C) groups is 1. The molecule has 24 heavy (non-hydrogen) atoms. The fourth-order valence-corrected chi connectivity index (χ4v) is 2.48. The number of aliphatic hydroxyl groups excluding tert-OH is 3. The average molecular weight is 332 g/mol. The minimum absolute atomic E-state index is 0.0292. The van der Waals surface area contributed by atoms with Crippen molar-refractivity contribution in [3.05, 3.63) is 48.0 Å². The summed E-state index contributed by atoms with van der Waals surface area (Å²) in [5, 5.41) is 34.7. The molecular formula is C17H24N4O3. The van der Waals surface area contributed by atoms with Gasteiger partial charge in [-0.2, -0.15) is 0 Å². The first-order chi connectivity index (χ1) is 11.5. The number of hydrogen-bond donors (Lipinski definition) is 6. The zero-order chi connectivity index (χ0) is 17.5. The molecular weight excluding hydrogens is 308 g/mol. The molecule has 7 heteroatoms. The number of rotatable bonds is 8. The summed E-state index contributed by atoms with van der Waals surface area (Å²) in [6.07, 6.45) is -2.74. The topological polar surface area (TPSA) is 137 Å². The molecule has 3 unspecified atom stereocenters. The van der Waals surface area contributed by atoms with E-state index in [9.17, 15) is 15.3 Å². The highest BCUT2D eigenvalue weighted by Crippen LogP contribution is 2.20. The Labute approximate surface area is 140 Å². The first-order valence-corrected chi connectivity index (χ1v) is 7.77. The van der Waals surface area contributed by atoms with E-state index in [1.54, 1.807) is 0 Å². The van der Waals surface area contributed by atoms with Crippen molar-refractivity contribution in [3.63, 3.8) is 0 Å². The maximum atomic E-state index is 10.2. The Bertz CT molecular complexity index is 683. The summed E-state index contributed by atoms with van der Waals surface area (Å²) >= 11 is 0. The third-order valence-corrected chi connectivity index (χ3v) is 3.72. The number of hydrogen-bond acceptors (Lipinski definition) is 5. The summed E-state index contributed by atoms with van der Waals surface area (Å²) in [6, 6.07) is 13.7. The van der Waals surface area contributed by atoms with Crippen molar-refractivity contribution in [2.45, 2.75) is 24.9 Å². The van der Waals surface area contributed by atoms with Crippen LogP contribution >= 0.6 is 0 Å². The lowest BCUT2D eigenvalue weighted by Crippen LogP contribution is -2.44. The molecule has 0 aliphatic heterocycles. The van der Waals surface area contributed by atoms with Crippen molar-refractivity contribution < 1.29 is 15.3 Å². The molecule has 2 aromatic carbocycles. The molecule has 0 amide bonds. The highest BCUT2D eigenvalue weighted by atomic mass is 16.3. The number of aliphatic hydroxyl groups is 3. The van der Waals surface area contributed by atoms with E-state index in [0.717, 1.165) is 16.3 Å². The number of nitrogens with one attached hydrogen (secondary N) is 1. The summed E-state index contributed by atoms with van der Waals surface area (Å²) in [7, 11) is 0. The molecule has 0 aromatic heterocycles. The fourth-order valence-electron chi connectivity index (χ4n) is 2.48. The molecule has 2 rings (SSSR count). The summed E-state index contributed by atoms with van der Waals surface area (Å²) in [4.78, 5) is 3.69. The van der Waals surface area contributed by atoms with Crippen LogP contribution in [0.3, 0.4) is 0 Å². The van der Waals surface area contributed by atoms with Crippen molar-refractivity contribution in [1.29, 1.82) is 0 Å². The van der Waals surface area contributed by atoms with E-state index in [4.69, 9.17) is 11.5 Å². The van der Waals surface area contributed by atoms with Gasteiger partial charge in [0.15, 0.2) is 5.96 Å². The molecule has 8 N–H and O–H groups in total. The smallest absolute Gasteiger partial charge is 0.185 e. The van der Waals surface area contributed by atoms with Crippen LogP contribution in [0.25, 0.3) is 10.8 Å². The highest BCUT2D eigenvalue weighted by molar-refractivity contribution is 5.85. The van der Waals surface area contributed by atoms with Crippen LogP contribution in [-0.4, -0.2) is 52.8 Å². The zero-order valence-electron chi connectivity index (χ0n) is 13.3. The average Bonchev–Trinajstić information content (AvgIpc) is 2.58. The lowest BCUT2D eigenvalue weighted by Gasteiger charge is -2.21. The molecule has 3 atom stereocenters. The van der Waals surface area contributed by atoms with Gasteiger partial charge in [-0.3, -0.25) is 10.3 Å². The summed E-state index contributed by atoms with van der Waals surface area (Å²) in [5.41, 5.74) is 11.3. The van der Waals surface area contributed by atoms with E-state index in [1.165, 1.54) is 0 Å². The van der Waals surface area contributed by atoms with E-state index >= 15 is 0 Å². The van der Waals surface area contributed by atoms with Crippen molar-refractivity contribution >= 4 is 16.7 Å². The fraction of sp³-hybridized carbons (Fsp3) is 0.353. The van der Waals surface area contributed by atoms with Gasteiger partial charge >= 0.3 is 0 Å². The first-order valence-electron chi connectivity index (χ1n) is 7.77. The van der Waals surface area contributed by atoms with Gasteiger partial charge < -0.3 is 26.8 Å². The van der Waals surface area contributed by atoms with E-state index in [2.05, 4.69) is 10.3 Å². The van der Waals surface area contributed by atoms with Crippen LogP contribution in [0.1, 0.15) is 5.56 Å². The Morgan fingerprint density at radius 3 is 2.50 bits per heavy atom. The number of fused-ring (bicyclic) bond motifs is 1. The van der Waals surface area contributed by atoms with E-state index in [0.29, 0.717) is 6.42 Å². The lowest BCUT2D eigenvalue weighted by molar-refractivity contribution is -0.00729. The standard InChI is InChI=1S/C17H24N4O3/c18-17(19)21-10-13(22)9-20-16(24)15(23)8-12-6-3-5-11-4-1-2-7-14(11)12/h1-7,13,15-16,20,22-24H,8-10H2,(H4,18,19,21). The van der Waals surface area contributed by atoms with Crippen LogP contribution in [0.4, 0.5) is 0 Å². The molecule has 0 saturated heterocycles. The third-order valence-electron chi connectivity index (χ3n) is 3.72. The van der Waals surface area contributed by atoms with Crippen LogP contribution in [0.2, 0.25) is 0 Å². The number of benzene rings is 2. The molecule has 2 aromatic rings. The van der Waals surface area contributed by atoms with Gasteiger partial charge in [0, 0.05) is 13.0 Å². The maximum Gasteiger partial charge on any atom is 0.185 e. The SMILES string of the molecule is NC(N)=NCC(O)CNC(O)C(O)Cc1cccc2ccccc12. The van der Waals surface area contributed by atoms with Crippen molar-refractivity contribution in [3.8, 4) is 0 Å². The van der Waals surface area contributed by atoms with Crippen molar-refractivity contribution in [1.82, 2.24) is 5.32 Å². The van der Waals surface area contributed by atoms with E-state index in [-0.39, 0.29) is 19.0 Å². The van der Waals surface area contributed by atoms with Gasteiger partial charge in [-0.05, 0) is 16.3 Å². The molecule has 0 bridgehead atoms. The number of nitrogens with two attached hydrogens (primary N) is 2. The second kappa shape index (κ2) is 8.60. The van der Waals surface area contributed by atoms with Crippen molar-refractivity contribution in [2.24, 2.45) is 16.5 Å². The lowest BCUT2D eigenvalue weighted by atomic mass is 9.99. The monoisotopic (exact) mass is 332 g/mol. The minimum atomic E-state index is -1.17. The highest BCUT2D eigenvalue weighted by Gasteiger charge is 2.18. The molecule has 7 nitrogen and oxygen atoms in total. The van der Waals surface area contributed by atoms with Crippen LogP contribution in [0.5, 0.6) is 0 Å². The Balaban J connectivity index is 1.91. The molecule has 0 aliphatic carbocycles. The zero-order valence-corrected chi connectivity index (χ0v) is 13.3. The van der Waals surface area contributed by atoms with Gasteiger partial charge in [-0.15, -0.1) is 0 Å². The first kappa shape index (κ1) is 18.2. The Kier molecular flexibility index (Phi) is 6.51. The van der Waals surface area contributed by atoms with E-state index < -0.39 is 18.4 Å². The Hall–Kier alpha value is -2.19. The quantitative estimate of drug-likeness (QED) is 0.214. The molecule has 0 radical (unpaired) electrons. The summed E-state index contributed by atoms with van der Waals surface area (Å²) in [5.74, 6) is -0.106. The van der Waals surface area contributed by atoms with Crippen molar-refractivity contribution in [2.75, 3.05) is 13.1 Å². The molecule has 0 heterocycles. The second-order valence-corrected chi connectivity index (χ2v) is 5.68. The molecule has 0 spiro atoms. The number of nitrogens with zero attached hydrogens (tertiary/aromatic N) is 1. The van der Waals surface area contributed by atoms with Crippen LogP contribution in [0, 0.1) is 0 Å². The summed E-state index contributed by atoms with van der Waals surface area (Å²) < 4.78 is 0. The molecule has 0 saturated carbocycles. The molecule has 0 fully saturated rings. The largest absolute Gasteiger partial charge is 0.390 e. The number of guanidine groups is 1. The molecule has 0 aliphatic rings. The predicted molar refractivity (Wildman–Crippen MR) is 94.4 cm³/mol. The van der Waals surface area contributed by atoms with Crippen LogP contribution in [0.15, 0.2) is 47.5 Å². The normalized spacial score (nSPS) is 15.0. The van der Waals surface area contributed by atoms with Crippen LogP contribution in [-0.2, 0) is 6.42 Å². The second-order valence-electron chi connectivity index (χ2n) is 5.68. The Morgan fingerprint density at radius 1 is 1.04 bits per heavy atom. The predicted octanol–water partition coefficient (Wildman–Crippen LogP) is -0.714. The van der Waals surface area contributed by atoms with Gasteiger partial charge in [0.05, 0.1) is 18.8 Å². The summed E-state index contributed by atoms with van der Waals surface area (Å²) in [6.45, 7) is 0.0893. The third kappa shape index (κ3) is 5.17. The van der Waals surface area contributed by atoms with Gasteiger partial charge in [-0.1, -0.05) is 42.5 Å². The van der Waals surface area contributed by atoms with Gasteiger partial charge in [-0.25, -0.2) is 0 Å². The van der Waals surface area contributed by atoms with Crippen LogP contribution < -0.4 is 16.8 Å². The van der Waals surface area contributed by atoms with Gasteiger partial charge in [0.25, 0.3) is 0 Å². The van der Waals surface area contributed by atoms with E-state index in [1.807, 2.05) is 42.5 Å².